The van der Waals surface area contributed by atoms with Crippen molar-refractivity contribution >= 4 is 17.5 Å². The molecule has 2 unspecified atom stereocenters. The third-order valence-electron chi connectivity index (χ3n) is 4.27. The largest absolute Gasteiger partial charge is 0.382 e. The number of rotatable bonds is 4. The number of carbonyl (C=O) groups is 2. The second-order valence-corrected chi connectivity index (χ2v) is 6.50. The summed E-state index contributed by atoms with van der Waals surface area (Å²) in [5.74, 6) is 4.45. The molecule has 2 rings (SSSR count). The van der Waals surface area contributed by atoms with Gasteiger partial charge in [-0.3, -0.25) is 9.59 Å². The first-order valence-electron chi connectivity index (χ1n) is 8.65. The number of anilines is 1. The Hall–Kier alpha value is -3.10. The second-order valence-electron chi connectivity index (χ2n) is 6.50. The van der Waals surface area contributed by atoms with Gasteiger partial charge in [0.15, 0.2) is 0 Å². The smallest absolute Gasteiger partial charge is 0.256 e. The van der Waals surface area contributed by atoms with E-state index in [2.05, 4.69) is 11.8 Å². The van der Waals surface area contributed by atoms with E-state index in [1.54, 1.807) is 40.2 Å². The summed E-state index contributed by atoms with van der Waals surface area (Å²) in [5.41, 5.74) is 2.11. The average molecular weight is 364 g/mol. The second kappa shape index (κ2) is 9.02. The fraction of sp³-hybridized carbons (Fsp3) is 0.273. The first kappa shape index (κ1) is 20.2. The molecule has 0 spiro atoms. The number of aliphatic hydroxyl groups is 1. The van der Waals surface area contributed by atoms with Crippen LogP contribution >= 0.6 is 0 Å². The van der Waals surface area contributed by atoms with E-state index in [1.165, 1.54) is 9.80 Å². The average Bonchev–Trinajstić information content (AvgIpc) is 2.70. The molecule has 0 aliphatic rings. The van der Waals surface area contributed by atoms with E-state index in [0.29, 0.717) is 11.3 Å². The normalized spacial score (nSPS) is 12.3. The van der Waals surface area contributed by atoms with Gasteiger partial charge in [0.2, 0.25) is 5.91 Å². The van der Waals surface area contributed by atoms with E-state index in [1.807, 2.05) is 42.5 Å². The van der Waals surface area contributed by atoms with Crippen LogP contribution in [0.4, 0.5) is 5.69 Å². The molecule has 0 fully saturated rings. The van der Waals surface area contributed by atoms with Crippen molar-refractivity contribution in [2.75, 3.05) is 26.0 Å². The van der Waals surface area contributed by atoms with E-state index < -0.39 is 17.9 Å². The Kier molecular flexibility index (Phi) is 6.75. The van der Waals surface area contributed by atoms with E-state index in [0.717, 1.165) is 5.56 Å². The lowest BCUT2D eigenvalue weighted by molar-refractivity contribution is -0.142. The topological polar surface area (TPSA) is 60.9 Å². The van der Waals surface area contributed by atoms with Gasteiger partial charge in [-0.25, -0.2) is 0 Å². The van der Waals surface area contributed by atoms with Crippen LogP contribution in [0.25, 0.3) is 0 Å². The van der Waals surface area contributed by atoms with Crippen molar-refractivity contribution in [3.63, 3.8) is 0 Å². The lowest BCUT2D eigenvalue weighted by Gasteiger charge is -2.26. The predicted molar refractivity (Wildman–Crippen MR) is 106 cm³/mol. The number of carbonyl (C=O) groups excluding carboxylic acids is 2. The minimum absolute atomic E-state index is 0.304. The minimum Gasteiger partial charge on any atom is -0.382 e. The van der Waals surface area contributed by atoms with Crippen LogP contribution in [0.5, 0.6) is 0 Å². The standard InChI is InChI=1S/C22H24N2O3/c1-16(21(26)23(2)3)20(25)22(27)24(4)19-13-9-8-12-18(19)15-14-17-10-6-5-7-11-17/h5-13,16,20,25H,1-4H3. The summed E-state index contributed by atoms with van der Waals surface area (Å²) >= 11 is 0. The van der Waals surface area contributed by atoms with Crippen molar-refractivity contribution in [3.05, 3.63) is 65.7 Å². The fourth-order valence-electron chi connectivity index (χ4n) is 2.61. The number of aliphatic hydroxyl groups excluding tert-OH is 1. The van der Waals surface area contributed by atoms with Crippen LogP contribution in [0.2, 0.25) is 0 Å². The number of hydrogen-bond donors (Lipinski definition) is 1. The van der Waals surface area contributed by atoms with E-state index in [4.69, 9.17) is 0 Å². The summed E-state index contributed by atoms with van der Waals surface area (Å²) in [6, 6.07) is 16.8. The van der Waals surface area contributed by atoms with Crippen molar-refractivity contribution in [2.24, 2.45) is 5.92 Å². The molecule has 0 aliphatic carbocycles. The highest BCUT2D eigenvalue weighted by molar-refractivity contribution is 5.99. The van der Waals surface area contributed by atoms with Crippen LogP contribution in [-0.4, -0.2) is 49.1 Å². The van der Waals surface area contributed by atoms with Crippen LogP contribution < -0.4 is 4.90 Å². The molecular weight excluding hydrogens is 340 g/mol. The molecule has 0 heterocycles. The van der Waals surface area contributed by atoms with Gasteiger partial charge < -0.3 is 14.9 Å². The molecule has 0 aliphatic heterocycles. The summed E-state index contributed by atoms with van der Waals surface area (Å²) in [5, 5.41) is 10.4. The van der Waals surface area contributed by atoms with Crippen LogP contribution in [-0.2, 0) is 9.59 Å². The summed E-state index contributed by atoms with van der Waals surface area (Å²) in [4.78, 5) is 27.5. The van der Waals surface area contributed by atoms with Gasteiger partial charge in [-0.15, -0.1) is 0 Å². The quantitative estimate of drug-likeness (QED) is 0.846. The Labute approximate surface area is 160 Å². The molecule has 2 atom stereocenters. The molecule has 2 amide bonds. The first-order valence-corrected chi connectivity index (χ1v) is 8.65. The molecule has 5 heteroatoms. The lowest BCUT2D eigenvalue weighted by atomic mass is 10.0. The Bertz CT molecular complexity index is 866. The van der Waals surface area contributed by atoms with Crippen molar-refractivity contribution in [1.82, 2.24) is 4.90 Å². The molecule has 0 saturated carbocycles. The number of likely N-dealkylation sites (N-methyl/N-ethyl adjacent to an activating group) is 1. The maximum atomic E-state index is 12.7. The van der Waals surface area contributed by atoms with Crippen molar-refractivity contribution in [2.45, 2.75) is 13.0 Å². The number of para-hydroxylation sites is 1. The van der Waals surface area contributed by atoms with Crippen molar-refractivity contribution < 1.29 is 14.7 Å². The van der Waals surface area contributed by atoms with Gasteiger partial charge in [-0.05, 0) is 24.3 Å². The molecule has 5 nitrogen and oxygen atoms in total. The zero-order valence-electron chi connectivity index (χ0n) is 16.0. The molecule has 2 aromatic rings. The summed E-state index contributed by atoms with van der Waals surface area (Å²) in [7, 11) is 4.75. The van der Waals surface area contributed by atoms with Gasteiger partial charge >= 0.3 is 0 Å². The van der Waals surface area contributed by atoms with Crippen LogP contribution in [0.3, 0.4) is 0 Å². The van der Waals surface area contributed by atoms with Crippen molar-refractivity contribution in [1.29, 1.82) is 0 Å². The molecule has 0 aromatic heterocycles. The summed E-state index contributed by atoms with van der Waals surface area (Å²) < 4.78 is 0. The van der Waals surface area contributed by atoms with Gasteiger partial charge in [0.25, 0.3) is 5.91 Å². The molecule has 27 heavy (non-hydrogen) atoms. The summed E-state index contributed by atoms with van der Waals surface area (Å²) in [6.07, 6.45) is -1.43. The van der Waals surface area contributed by atoms with E-state index >= 15 is 0 Å². The third-order valence-corrected chi connectivity index (χ3v) is 4.27. The van der Waals surface area contributed by atoms with Gasteiger partial charge in [0.1, 0.15) is 6.10 Å². The predicted octanol–water partition coefficient (Wildman–Crippen LogP) is 2.13. The minimum atomic E-state index is -1.43. The Morgan fingerprint density at radius 1 is 0.889 bits per heavy atom. The Balaban J connectivity index is 2.26. The number of benzene rings is 2. The highest BCUT2D eigenvalue weighted by Gasteiger charge is 2.32. The van der Waals surface area contributed by atoms with Gasteiger partial charge in [-0.1, -0.05) is 49.1 Å². The highest BCUT2D eigenvalue weighted by Crippen LogP contribution is 2.21. The highest BCUT2D eigenvalue weighted by atomic mass is 16.3. The fourth-order valence-corrected chi connectivity index (χ4v) is 2.61. The number of nitrogens with zero attached hydrogens (tertiary/aromatic N) is 2. The zero-order chi connectivity index (χ0) is 20.0. The Morgan fingerprint density at radius 2 is 1.48 bits per heavy atom. The monoisotopic (exact) mass is 364 g/mol. The molecular formula is C22H24N2O3. The number of amides is 2. The van der Waals surface area contributed by atoms with E-state index in [9.17, 15) is 14.7 Å². The number of hydrogen-bond acceptors (Lipinski definition) is 3. The first-order chi connectivity index (χ1) is 12.8. The van der Waals surface area contributed by atoms with Crippen molar-refractivity contribution in [3.8, 4) is 11.8 Å². The van der Waals surface area contributed by atoms with Gasteiger partial charge in [0.05, 0.1) is 11.6 Å². The SMILES string of the molecule is CC(C(=O)N(C)C)C(O)C(=O)N(C)c1ccccc1C#Cc1ccccc1. The van der Waals surface area contributed by atoms with Gasteiger partial charge in [-0.2, -0.15) is 0 Å². The molecule has 0 radical (unpaired) electrons. The Morgan fingerprint density at radius 3 is 2.11 bits per heavy atom. The lowest BCUT2D eigenvalue weighted by Crippen LogP contribution is -2.45. The van der Waals surface area contributed by atoms with Crippen LogP contribution in [0.15, 0.2) is 54.6 Å². The third kappa shape index (κ3) is 4.96. The zero-order valence-corrected chi connectivity index (χ0v) is 16.0. The molecule has 140 valence electrons. The van der Waals surface area contributed by atoms with E-state index in [-0.39, 0.29) is 5.91 Å². The summed E-state index contributed by atoms with van der Waals surface area (Å²) in [6.45, 7) is 1.54. The maximum absolute atomic E-state index is 12.7. The molecule has 2 aromatic carbocycles. The maximum Gasteiger partial charge on any atom is 0.256 e. The molecule has 0 bridgehead atoms. The van der Waals surface area contributed by atoms with Gasteiger partial charge in [0, 0.05) is 32.3 Å². The molecule has 1 N–H and O–H groups in total. The molecule has 0 saturated heterocycles. The van der Waals surface area contributed by atoms with Crippen LogP contribution in [0, 0.1) is 17.8 Å². The van der Waals surface area contributed by atoms with Crippen LogP contribution in [0.1, 0.15) is 18.1 Å².